The molecule has 0 aliphatic rings. The standard InChI is InChI=1S/C10H16BrNOS/c1-7(12-13-10(2,3)4)9-8(11)5-6-14-9/h5-7,12H,1-4H3. The monoisotopic (exact) mass is 277 g/mol. The minimum atomic E-state index is -0.155. The molecule has 1 rings (SSSR count). The maximum absolute atomic E-state index is 5.51. The molecule has 0 fully saturated rings. The molecular weight excluding hydrogens is 262 g/mol. The Morgan fingerprint density at radius 3 is 2.57 bits per heavy atom. The van der Waals surface area contributed by atoms with Gasteiger partial charge in [-0.25, -0.2) is 0 Å². The Balaban J connectivity index is 2.51. The van der Waals surface area contributed by atoms with Crippen LogP contribution in [0.25, 0.3) is 0 Å². The Bertz CT molecular complexity index is 293. The second-order valence-electron chi connectivity index (χ2n) is 4.19. The van der Waals surface area contributed by atoms with Gasteiger partial charge in [-0.2, -0.15) is 5.48 Å². The highest BCUT2D eigenvalue weighted by molar-refractivity contribution is 9.10. The number of hydrogen-bond donors (Lipinski definition) is 1. The van der Waals surface area contributed by atoms with Crippen LogP contribution in [0.15, 0.2) is 15.9 Å². The van der Waals surface area contributed by atoms with Gasteiger partial charge in [0, 0.05) is 9.35 Å². The molecule has 1 heterocycles. The van der Waals surface area contributed by atoms with Crippen LogP contribution in [0, 0.1) is 0 Å². The normalized spacial score (nSPS) is 14.4. The molecule has 0 spiro atoms. The molecule has 0 bridgehead atoms. The van der Waals surface area contributed by atoms with E-state index in [1.54, 1.807) is 11.3 Å². The molecule has 1 aromatic heterocycles. The molecule has 4 heteroatoms. The second-order valence-corrected chi connectivity index (χ2v) is 5.99. The van der Waals surface area contributed by atoms with E-state index in [0.29, 0.717) is 0 Å². The van der Waals surface area contributed by atoms with Crippen molar-refractivity contribution in [3.8, 4) is 0 Å². The number of hydrogen-bond acceptors (Lipinski definition) is 3. The average molecular weight is 278 g/mol. The van der Waals surface area contributed by atoms with Gasteiger partial charge in [0.2, 0.25) is 0 Å². The van der Waals surface area contributed by atoms with Gasteiger partial charge in [-0.05, 0) is 55.1 Å². The van der Waals surface area contributed by atoms with Crippen LogP contribution in [0.4, 0.5) is 0 Å². The lowest BCUT2D eigenvalue weighted by Crippen LogP contribution is -2.30. The maximum atomic E-state index is 5.51. The topological polar surface area (TPSA) is 21.3 Å². The Morgan fingerprint density at radius 2 is 2.14 bits per heavy atom. The van der Waals surface area contributed by atoms with Crippen LogP contribution in [0.2, 0.25) is 0 Å². The van der Waals surface area contributed by atoms with Crippen molar-refractivity contribution in [2.75, 3.05) is 0 Å². The highest BCUT2D eigenvalue weighted by Gasteiger charge is 2.15. The number of halogens is 1. The molecule has 80 valence electrons. The van der Waals surface area contributed by atoms with Crippen LogP contribution < -0.4 is 5.48 Å². The summed E-state index contributed by atoms with van der Waals surface area (Å²) in [6.07, 6.45) is 0. The van der Waals surface area contributed by atoms with Crippen molar-refractivity contribution in [3.05, 3.63) is 20.8 Å². The molecule has 0 saturated heterocycles. The van der Waals surface area contributed by atoms with E-state index in [0.717, 1.165) is 4.47 Å². The number of rotatable bonds is 3. The van der Waals surface area contributed by atoms with E-state index in [1.807, 2.05) is 20.8 Å². The molecule has 14 heavy (non-hydrogen) atoms. The van der Waals surface area contributed by atoms with Gasteiger partial charge in [0.15, 0.2) is 0 Å². The Labute approximate surface area is 97.7 Å². The van der Waals surface area contributed by atoms with E-state index >= 15 is 0 Å². The smallest absolute Gasteiger partial charge is 0.0813 e. The lowest BCUT2D eigenvalue weighted by Gasteiger charge is -2.22. The number of hydroxylamine groups is 1. The number of thiophene rings is 1. The fourth-order valence-electron chi connectivity index (χ4n) is 0.933. The molecule has 1 atom stereocenters. The van der Waals surface area contributed by atoms with Crippen LogP contribution >= 0.6 is 27.3 Å². The van der Waals surface area contributed by atoms with E-state index in [1.165, 1.54) is 4.88 Å². The lowest BCUT2D eigenvalue weighted by atomic mass is 10.2. The minimum Gasteiger partial charge on any atom is -0.295 e. The molecule has 0 aliphatic heterocycles. The Hall–Kier alpha value is 0.100. The number of nitrogens with one attached hydrogen (secondary N) is 1. The summed E-state index contributed by atoms with van der Waals surface area (Å²) in [5, 5.41) is 2.06. The largest absolute Gasteiger partial charge is 0.295 e. The van der Waals surface area contributed by atoms with Gasteiger partial charge in [-0.15, -0.1) is 11.3 Å². The summed E-state index contributed by atoms with van der Waals surface area (Å²) in [5.74, 6) is 0. The summed E-state index contributed by atoms with van der Waals surface area (Å²) in [6, 6.07) is 2.26. The summed E-state index contributed by atoms with van der Waals surface area (Å²) in [6.45, 7) is 8.16. The maximum Gasteiger partial charge on any atom is 0.0813 e. The highest BCUT2D eigenvalue weighted by atomic mass is 79.9. The average Bonchev–Trinajstić information content (AvgIpc) is 2.46. The van der Waals surface area contributed by atoms with Crippen molar-refractivity contribution < 1.29 is 4.84 Å². The van der Waals surface area contributed by atoms with Crippen LogP contribution in [0.1, 0.15) is 38.6 Å². The van der Waals surface area contributed by atoms with Crippen LogP contribution in [-0.4, -0.2) is 5.60 Å². The molecule has 0 amide bonds. The molecule has 0 saturated carbocycles. The molecule has 0 aliphatic carbocycles. The zero-order chi connectivity index (χ0) is 10.8. The molecule has 0 radical (unpaired) electrons. The highest BCUT2D eigenvalue weighted by Crippen LogP contribution is 2.29. The van der Waals surface area contributed by atoms with Crippen molar-refractivity contribution in [1.82, 2.24) is 5.48 Å². The molecular formula is C10H16BrNOS. The van der Waals surface area contributed by atoms with E-state index in [-0.39, 0.29) is 11.6 Å². The predicted molar refractivity (Wildman–Crippen MR) is 64.4 cm³/mol. The van der Waals surface area contributed by atoms with Gasteiger partial charge >= 0.3 is 0 Å². The molecule has 2 nitrogen and oxygen atoms in total. The van der Waals surface area contributed by atoms with E-state index in [9.17, 15) is 0 Å². The third-order valence-electron chi connectivity index (χ3n) is 1.58. The van der Waals surface area contributed by atoms with Crippen molar-refractivity contribution in [1.29, 1.82) is 0 Å². The fourth-order valence-corrected chi connectivity index (χ4v) is 2.65. The van der Waals surface area contributed by atoms with Crippen molar-refractivity contribution in [3.63, 3.8) is 0 Å². The van der Waals surface area contributed by atoms with E-state index < -0.39 is 0 Å². The Kier molecular flexibility index (Phi) is 4.13. The third-order valence-corrected chi connectivity index (χ3v) is 3.63. The first kappa shape index (κ1) is 12.2. The third kappa shape index (κ3) is 3.69. The minimum absolute atomic E-state index is 0.155. The molecule has 1 aromatic rings. The first-order valence-corrected chi connectivity index (χ1v) is 6.24. The van der Waals surface area contributed by atoms with Crippen molar-refractivity contribution >= 4 is 27.3 Å². The van der Waals surface area contributed by atoms with Gasteiger partial charge < -0.3 is 0 Å². The zero-order valence-electron chi connectivity index (χ0n) is 8.93. The van der Waals surface area contributed by atoms with E-state index in [2.05, 4.69) is 39.8 Å². The lowest BCUT2D eigenvalue weighted by molar-refractivity contribution is -0.0862. The van der Waals surface area contributed by atoms with Crippen LogP contribution in [0.5, 0.6) is 0 Å². The van der Waals surface area contributed by atoms with Gasteiger partial charge in [0.1, 0.15) is 0 Å². The fraction of sp³-hybridized carbons (Fsp3) is 0.600. The van der Waals surface area contributed by atoms with Gasteiger partial charge in [0.25, 0.3) is 0 Å². The first-order valence-electron chi connectivity index (χ1n) is 4.56. The summed E-state index contributed by atoms with van der Waals surface area (Å²) in [5.41, 5.74) is 2.89. The molecule has 0 aromatic carbocycles. The van der Waals surface area contributed by atoms with Crippen molar-refractivity contribution in [2.45, 2.75) is 39.3 Å². The molecule has 1 unspecified atom stereocenters. The van der Waals surface area contributed by atoms with Gasteiger partial charge in [0.05, 0.1) is 11.6 Å². The summed E-state index contributed by atoms with van der Waals surface area (Å²) in [7, 11) is 0. The SMILES string of the molecule is CC(NOC(C)(C)C)c1sccc1Br. The van der Waals surface area contributed by atoms with Gasteiger partial charge in [-0.1, -0.05) is 0 Å². The summed E-state index contributed by atoms with van der Waals surface area (Å²) < 4.78 is 1.14. The Morgan fingerprint density at radius 1 is 1.50 bits per heavy atom. The van der Waals surface area contributed by atoms with Crippen molar-refractivity contribution in [2.24, 2.45) is 0 Å². The van der Waals surface area contributed by atoms with Crippen LogP contribution in [-0.2, 0) is 4.84 Å². The quantitative estimate of drug-likeness (QED) is 0.847. The second kappa shape index (κ2) is 4.75. The molecule has 1 N–H and O–H groups in total. The first-order chi connectivity index (χ1) is 6.40. The van der Waals surface area contributed by atoms with E-state index in [4.69, 9.17) is 4.84 Å². The predicted octanol–water partition coefficient (Wildman–Crippen LogP) is 3.89. The van der Waals surface area contributed by atoms with Gasteiger partial charge in [-0.3, -0.25) is 4.84 Å². The summed E-state index contributed by atoms with van der Waals surface area (Å²) >= 11 is 5.22. The zero-order valence-corrected chi connectivity index (χ0v) is 11.3. The summed E-state index contributed by atoms with van der Waals surface area (Å²) in [4.78, 5) is 6.76. The van der Waals surface area contributed by atoms with Crippen LogP contribution in [0.3, 0.4) is 0 Å².